The highest BCUT2D eigenvalue weighted by molar-refractivity contribution is 6.06. The molecule has 0 unspecified atom stereocenters. The van der Waals surface area contributed by atoms with Gasteiger partial charge in [-0.05, 0) is 80.3 Å². The number of hydrogen-bond acceptors (Lipinski definition) is 5. The second-order valence-electron chi connectivity index (χ2n) is 7.97. The van der Waals surface area contributed by atoms with Crippen LogP contribution in [0.3, 0.4) is 0 Å². The van der Waals surface area contributed by atoms with Gasteiger partial charge in [0.15, 0.2) is 5.60 Å². The smallest absolute Gasteiger partial charge is 0.341 e. The van der Waals surface area contributed by atoms with Crippen molar-refractivity contribution in [1.29, 1.82) is 0 Å². The molecule has 3 aromatic carbocycles. The zero-order valence-electron chi connectivity index (χ0n) is 17.6. The van der Waals surface area contributed by atoms with E-state index in [-0.39, 0.29) is 22.6 Å². The molecule has 0 aromatic heterocycles. The molecule has 0 saturated heterocycles. The average Bonchev–Trinajstić information content (AvgIpc) is 3.01. The van der Waals surface area contributed by atoms with Crippen molar-refractivity contribution in [3.63, 3.8) is 0 Å². The Morgan fingerprint density at radius 2 is 1.35 bits per heavy atom. The van der Waals surface area contributed by atoms with Crippen molar-refractivity contribution in [2.75, 3.05) is 0 Å². The third-order valence-electron chi connectivity index (χ3n) is 6.19. The number of carboxylic acids is 1. The monoisotopic (exact) mass is 418 g/mol. The van der Waals surface area contributed by atoms with E-state index in [9.17, 15) is 24.9 Å². The van der Waals surface area contributed by atoms with Gasteiger partial charge in [0.1, 0.15) is 11.5 Å². The van der Waals surface area contributed by atoms with Crippen LogP contribution in [0.15, 0.2) is 42.5 Å². The van der Waals surface area contributed by atoms with Gasteiger partial charge in [0, 0.05) is 16.7 Å². The van der Waals surface area contributed by atoms with Crippen molar-refractivity contribution < 1.29 is 29.6 Å². The molecule has 4 rings (SSSR count). The lowest BCUT2D eigenvalue weighted by atomic mass is 9.74. The third kappa shape index (κ3) is 2.86. The molecule has 158 valence electrons. The van der Waals surface area contributed by atoms with Crippen LogP contribution in [0.4, 0.5) is 0 Å². The fourth-order valence-corrected chi connectivity index (χ4v) is 4.45. The Kier molecular flexibility index (Phi) is 4.54. The molecule has 3 N–H and O–H groups in total. The standard InChI is InChI=1S/C25H22O6/c1-12-8-16(26)10-20(14(12)3)25(21-11-17(27)9-13(2)15(21)4)19-7-5-6-18(23(28)29)22(19)24(30)31-25/h5-11,26-27H,1-4H3,(H,28,29). The number of aromatic hydroxyl groups is 2. The van der Waals surface area contributed by atoms with E-state index in [4.69, 9.17) is 4.74 Å². The van der Waals surface area contributed by atoms with Crippen molar-refractivity contribution in [3.8, 4) is 11.5 Å². The molecular weight excluding hydrogens is 396 g/mol. The minimum Gasteiger partial charge on any atom is -0.508 e. The molecule has 0 saturated carbocycles. The maximum absolute atomic E-state index is 13.1. The number of hydrogen-bond donors (Lipinski definition) is 3. The second-order valence-corrected chi connectivity index (χ2v) is 7.97. The zero-order valence-corrected chi connectivity index (χ0v) is 17.6. The quantitative estimate of drug-likeness (QED) is 0.542. The van der Waals surface area contributed by atoms with Crippen LogP contribution in [0.25, 0.3) is 0 Å². The molecule has 0 spiro atoms. The number of carboxylic acid groups (broad SMARTS) is 1. The number of aromatic carboxylic acids is 1. The molecule has 0 atom stereocenters. The molecule has 1 aliphatic heterocycles. The van der Waals surface area contributed by atoms with Crippen molar-refractivity contribution in [2.45, 2.75) is 33.3 Å². The van der Waals surface area contributed by atoms with Crippen LogP contribution in [0.1, 0.15) is 59.7 Å². The molecule has 3 aromatic rings. The molecule has 31 heavy (non-hydrogen) atoms. The number of carbonyl (C=O) groups excluding carboxylic acids is 1. The van der Waals surface area contributed by atoms with Crippen molar-refractivity contribution in [2.24, 2.45) is 0 Å². The summed E-state index contributed by atoms with van der Waals surface area (Å²) in [6.45, 7) is 7.36. The van der Waals surface area contributed by atoms with E-state index in [0.29, 0.717) is 16.7 Å². The van der Waals surface area contributed by atoms with Gasteiger partial charge in [0.25, 0.3) is 0 Å². The predicted molar refractivity (Wildman–Crippen MR) is 114 cm³/mol. The zero-order chi connectivity index (χ0) is 22.7. The van der Waals surface area contributed by atoms with Gasteiger partial charge in [0.2, 0.25) is 0 Å². The highest BCUT2D eigenvalue weighted by atomic mass is 16.6. The topological polar surface area (TPSA) is 104 Å². The first-order valence-electron chi connectivity index (χ1n) is 9.79. The molecule has 0 amide bonds. The highest BCUT2D eigenvalue weighted by Crippen LogP contribution is 2.51. The maximum Gasteiger partial charge on any atom is 0.341 e. The molecular formula is C25H22O6. The van der Waals surface area contributed by atoms with Crippen LogP contribution in [0.2, 0.25) is 0 Å². The number of rotatable bonds is 3. The van der Waals surface area contributed by atoms with Gasteiger partial charge in [-0.2, -0.15) is 0 Å². The summed E-state index contributed by atoms with van der Waals surface area (Å²) in [6, 6.07) is 10.9. The Balaban J connectivity index is 2.23. The number of cyclic esters (lactones) is 1. The summed E-state index contributed by atoms with van der Waals surface area (Å²) in [7, 11) is 0. The van der Waals surface area contributed by atoms with Crippen LogP contribution in [0, 0.1) is 27.7 Å². The normalized spacial score (nSPS) is 14.3. The fraction of sp³-hybridized carbons (Fsp3) is 0.200. The molecule has 0 radical (unpaired) electrons. The predicted octanol–water partition coefficient (Wildman–Crippen LogP) is 4.49. The Bertz CT molecular complexity index is 1210. The molecule has 6 heteroatoms. The van der Waals surface area contributed by atoms with Crippen LogP contribution in [-0.2, 0) is 10.3 Å². The fourth-order valence-electron chi connectivity index (χ4n) is 4.45. The second kappa shape index (κ2) is 6.87. The number of benzene rings is 3. The van der Waals surface area contributed by atoms with Gasteiger partial charge in [-0.15, -0.1) is 0 Å². The number of phenols is 2. The summed E-state index contributed by atoms with van der Waals surface area (Å²) in [5, 5.41) is 30.5. The van der Waals surface area contributed by atoms with Gasteiger partial charge in [0.05, 0.1) is 11.1 Å². The van der Waals surface area contributed by atoms with Gasteiger partial charge in [-0.1, -0.05) is 12.1 Å². The number of aryl methyl sites for hydroxylation is 2. The molecule has 0 fully saturated rings. The van der Waals surface area contributed by atoms with Crippen molar-refractivity contribution in [1.82, 2.24) is 0 Å². The van der Waals surface area contributed by atoms with Crippen LogP contribution < -0.4 is 0 Å². The van der Waals surface area contributed by atoms with Gasteiger partial charge >= 0.3 is 11.9 Å². The van der Waals surface area contributed by atoms with E-state index in [2.05, 4.69) is 0 Å². The van der Waals surface area contributed by atoms with Crippen molar-refractivity contribution >= 4 is 11.9 Å². The van der Waals surface area contributed by atoms with Crippen molar-refractivity contribution in [3.05, 3.63) is 92.5 Å². The van der Waals surface area contributed by atoms with E-state index in [1.54, 1.807) is 24.3 Å². The lowest BCUT2D eigenvalue weighted by molar-refractivity contribution is 0.0244. The van der Waals surface area contributed by atoms with Gasteiger partial charge in [-0.25, -0.2) is 9.59 Å². The summed E-state index contributed by atoms with van der Waals surface area (Å²) in [6.07, 6.45) is 0. The first-order valence-corrected chi connectivity index (χ1v) is 9.79. The summed E-state index contributed by atoms with van der Waals surface area (Å²) in [4.78, 5) is 25.0. The molecule has 0 aliphatic carbocycles. The number of fused-ring (bicyclic) bond motifs is 1. The lowest BCUT2D eigenvalue weighted by Gasteiger charge is -2.34. The van der Waals surface area contributed by atoms with E-state index in [1.807, 2.05) is 27.7 Å². The Morgan fingerprint density at radius 1 is 0.839 bits per heavy atom. The average molecular weight is 418 g/mol. The largest absolute Gasteiger partial charge is 0.508 e. The summed E-state index contributed by atoms with van der Waals surface area (Å²) < 4.78 is 6.04. The minimum atomic E-state index is -1.53. The summed E-state index contributed by atoms with van der Waals surface area (Å²) in [5.74, 6) is -2.03. The van der Waals surface area contributed by atoms with Crippen LogP contribution in [0.5, 0.6) is 11.5 Å². The Hall–Kier alpha value is -3.80. The molecule has 6 nitrogen and oxygen atoms in total. The first-order chi connectivity index (χ1) is 14.6. The number of esters is 1. The van der Waals surface area contributed by atoms with Crippen LogP contribution in [-0.4, -0.2) is 27.3 Å². The first kappa shape index (κ1) is 20.5. The molecule has 0 bridgehead atoms. The van der Waals surface area contributed by atoms with Gasteiger partial charge < -0.3 is 20.1 Å². The number of ether oxygens (including phenoxy) is 1. The van der Waals surface area contributed by atoms with E-state index < -0.39 is 17.5 Å². The molecule has 1 aliphatic rings. The minimum absolute atomic E-state index is 0.00843. The SMILES string of the molecule is Cc1cc(O)cc(C2(c3cc(O)cc(C)c3C)OC(=O)c3c(C(=O)O)cccc32)c1C. The summed E-state index contributed by atoms with van der Waals surface area (Å²) >= 11 is 0. The van der Waals surface area contributed by atoms with Gasteiger partial charge in [-0.3, -0.25) is 0 Å². The highest BCUT2D eigenvalue weighted by Gasteiger charge is 2.52. The third-order valence-corrected chi connectivity index (χ3v) is 6.19. The Labute approximate surface area is 179 Å². The van der Waals surface area contributed by atoms with E-state index in [0.717, 1.165) is 22.3 Å². The summed E-state index contributed by atoms with van der Waals surface area (Å²) in [5.41, 5.74) is 2.77. The van der Waals surface area contributed by atoms with E-state index >= 15 is 0 Å². The molecule has 1 heterocycles. The van der Waals surface area contributed by atoms with Crippen LogP contribution >= 0.6 is 0 Å². The Morgan fingerprint density at radius 3 is 1.84 bits per heavy atom. The number of phenolic OH excluding ortho intramolecular Hbond substituents is 2. The van der Waals surface area contributed by atoms with E-state index in [1.165, 1.54) is 18.2 Å². The lowest BCUT2D eigenvalue weighted by Crippen LogP contribution is -2.32. The number of carbonyl (C=O) groups is 2. The maximum atomic E-state index is 13.1.